The predicted octanol–water partition coefficient (Wildman–Crippen LogP) is -11.8. The second kappa shape index (κ2) is 21.4. The van der Waals surface area contributed by atoms with E-state index in [-0.39, 0.29) is 13.2 Å². The zero-order valence-corrected chi connectivity index (χ0v) is 31.4. The molecule has 5 heterocycles. The van der Waals surface area contributed by atoms with E-state index < -0.39 is 186 Å². The molecule has 14 unspecified atom stereocenters. The topological polar surface area (TPSA) is 459 Å². The van der Waals surface area contributed by atoms with Gasteiger partial charge in [0, 0.05) is 6.54 Å². The quantitative estimate of drug-likeness (QED) is 0.0684. The first-order valence-electron chi connectivity index (χ1n) is 18.8. The molecule has 350 valence electrons. The van der Waals surface area contributed by atoms with Gasteiger partial charge in [-0.15, -0.1) is 0 Å². The van der Waals surface area contributed by atoms with Crippen LogP contribution < -0.4 is 5.73 Å². The van der Waals surface area contributed by atoms with Crippen molar-refractivity contribution >= 4 is 5.97 Å². The highest BCUT2D eigenvalue weighted by molar-refractivity contribution is 5.73. The molecule has 0 aromatic heterocycles. The summed E-state index contributed by atoms with van der Waals surface area (Å²) in [7, 11) is 0. The first kappa shape index (κ1) is 49.4. The van der Waals surface area contributed by atoms with Gasteiger partial charge in [0.05, 0.1) is 33.0 Å². The molecule has 0 aromatic rings. The summed E-state index contributed by atoms with van der Waals surface area (Å²) in [5.74, 6) is -1.84. The molecule has 5 aliphatic heterocycles. The Hall–Kier alpha value is -1.57. The van der Waals surface area contributed by atoms with Crippen molar-refractivity contribution in [1.82, 2.24) is 0 Å². The Morgan fingerprint density at radius 2 is 0.733 bits per heavy atom. The Bertz CT molecular complexity index is 1330. The van der Waals surface area contributed by atoms with Crippen molar-refractivity contribution in [1.29, 1.82) is 0 Å². The Morgan fingerprint density at radius 3 is 1.12 bits per heavy atom. The molecule has 0 saturated carbocycles. The Balaban J connectivity index is 1.23. The average molecular weight is 886 g/mol. The third kappa shape index (κ3) is 10.2. The molecule has 0 amide bonds. The second-order valence-corrected chi connectivity index (χ2v) is 14.6. The highest BCUT2D eigenvalue weighted by atomic mass is 16.8. The highest BCUT2D eigenvalue weighted by Gasteiger charge is 2.57. The van der Waals surface area contributed by atoms with Crippen molar-refractivity contribution in [2.24, 2.45) is 5.73 Å². The number of aliphatic hydroxyl groups is 15. The molecule has 0 aromatic carbocycles. The zero-order chi connectivity index (χ0) is 44.3. The summed E-state index contributed by atoms with van der Waals surface area (Å²) >= 11 is 0. The van der Waals surface area contributed by atoms with Crippen LogP contribution in [-0.4, -0.2) is 281 Å². The Kier molecular flexibility index (Phi) is 17.6. The Labute approximate surface area is 338 Å². The van der Waals surface area contributed by atoms with Gasteiger partial charge in [0.15, 0.2) is 37.6 Å². The van der Waals surface area contributed by atoms with Gasteiger partial charge in [-0.3, -0.25) is 0 Å². The number of aliphatic hydroxyl groups excluding tert-OH is 15. The monoisotopic (exact) mass is 885 g/mol. The molecule has 5 aliphatic rings. The lowest BCUT2D eigenvalue weighted by atomic mass is 9.95. The van der Waals surface area contributed by atoms with Gasteiger partial charge in [-0.25, -0.2) is 4.79 Å². The minimum atomic E-state index is -2.25. The standard InChI is InChI=1S/C32H55NO27/c33-1-2-51-28-18(45)13(40)22(8(4-35)53-28)56-30-19(46)14(41)23(9(5-36)54-30)57-31-20(47)15(42)24(10(6-37)55-31)58-32-21(48)16(43)25(26(60-32)27(49)50)59-29-17(44)12(39)11(38)7(3-34)52-29/h7-26,28-32,34-48H,1-6,33H2,(H,49,50)/t7?,8?,9?,10?,11-,12?,13?,14?,15?,16?,17-,18?,19?,20?,21?,22+,23-,24-,25+,26?,28+,29-,30-,31+,32-/m1/s1. The second-order valence-electron chi connectivity index (χ2n) is 14.6. The maximum absolute atomic E-state index is 12.2. The van der Waals surface area contributed by atoms with Crippen LogP contribution in [-0.2, 0) is 52.2 Å². The number of carboxylic acid groups (broad SMARTS) is 1. The SMILES string of the molecule is NCCO[C@H]1OC(CO)[C@H](O[C@H]2OC(CO)[C@@H](O[C@@H]3OC(CO)[C@@H](O[C@@H]4OC(C(=O)O)[C@@H](O[C@H]5OC(CO)[C@@H](O)C(O)[C@H]5O)C(O)C4O)C(O)C3O)C(O)C2O)C(O)C1O. The summed E-state index contributed by atoms with van der Waals surface area (Å²) in [6, 6.07) is 0. The molecule has 0 bridgehead atoms. The fraction of sp³-hybridized carbons (Fsp3) is 0.969. The third-order valence-electron chi connectivity index (χ3n) is 10.7. The van der Waals surface area contributed by atoms with Crippen LogP contribution in [0.2, 0.25) is 0 Å². The largest absolute Gasteiger partial charge is 0.479 e. The van der Waals surface area contributed by atoms with Crippen LogP contribution in [0.25, 0.3) is 0 Å². The first-order chi connectivity index (χ1) is 28.4. The van der Waals surface area contributed by atoms with Crippen LogP contribution in [0.15, 0.2) is 0 Å². The number of rotatable bonds is 16. The lowest BCUT2D eigenvalue weighted by Gasteiger charge is -2.49. The number of ether oxygens (including phenoxy) is 10. The fourth-order valence-corrected chi connectivity index (χ4v) is 7.31. The molecular formula is C32H55NO27. The number of carbonyl (C=O) groups is 1. The molecule has 5 saturated heterocycles. The van der Waals surface area contributed by atoms with Gasteiger partial charge in [-0.05, 0) is 0 Å². The van der Waals surface area contributed by atoms with E-state index in [4.69, 9.17) is 53.1 Å². The van der Waals surface area contributed by atoms with E-state index in [1.54, 1.807) is 0 Å². The van der Waals surface area contributed by atoms with E-state index in [2.05, 4.69) is 0 Å². The number of carboxylic acids is 1. The highest BCUT2D eigenvalue weighted by Crippen LogP contribution is 2.35. The van der Waals surface area contributed by atoms with Gasteiger partial charge in [-0.2, -0.15) is 0 Å². The van der Waals surface area contributed by atoms with Crippen molar-refractivity contribution in [3.8, 4) is 0 Å². The van der Waals surface area contributed by atoms with E-state index in [0.717, 1.165) is 0 Å². The van der Waals surface area contributed by atoms with Crippen molar-refractivity contribution < 1.29 is 134 Å². The summed E-state index contributed by atoms with van der Waals surface area (Å²) in [6.45, 7) is -3.73. The minimum Gasteiger partial charge on any atom is -0.479 e. The molecule has 0 spiro atoms. The van der Waals surface area contributed by atoms with Gasteiger partial charge in [0.25, 0.3) is 0 Å². The predicted molar refractivity (Wildman–Crippen MR) is 180 cm³/mol. The summed E-state index contributed by atoms with van der Waals surface area (Å²) in [6.07, 6.45) is -47.7. The summed E-state index contributed by atoms with van der Waals surface area (Å²) in [5.41, 5.74) is 5.39. The fourth-order valence-electron chi connectivity index (χ4n) is 7.31. The maximum atomic E-state index is 12.2. The van der Waals surface area contributed by atoms with Crippen molar-refractivity contribution in [3.63, 3.8) is 0 Å². The van der Waals surface area contributed by atoms with Gasteiger partial charge in [0.1, 0.15) is 116 Å². The molecule has 60 heavy (non-hydrogen) atoms. The van der Waals surface area contributed by atoms with Crippen LogP contribution in [0.4, 0.5) is 0 Å². The smallest absolute Gasteiger partial charge is 0.335 e. The third-order valence-corrected chi connectivity index (χ3v) is 10.7. The van der Waals surface area contributed by atoms with E-state index in [1.165, 1.54) is 0 Å². The van der Waals surface area contributed by atoms with Crippen molar-refractivity contribution in [3.05, 3.63) is 0 Å². The zero-order valence-electron chi connectivity index (χ0n) is 31.4. The number of nitrogens with two attached hydrogens (primary N) is 1. The summed E-state index contributed by atoms with van der Waals surface area (Å²) < 4.78 is 54.4. The molecule has 5 rings (SSSR count). The van der Waals surface area contributed by atoms with E-state index in [9.17, 15) is 86.5 Å². The van der Waals surface area contributed by atoms with Crippen LogP contribution in [0.5, 0.6) is 0 Å². The summed E-state index contributed by atoms with van der Waals surface area (Å²) in [5, 5.41) is 167. The number of hydrogen-bond donors (Lipinski definition) is 17. The van der Waals surface area contributed by atoms with Crippen molar-refractivity contribution in [2.45, 2.75) is 154 Å². The van der Waals surface area contributed by atoms with Crippen LogP contribution in [0.1, 0.15) is 0 Å². The molecule has 28 heteroatoms. The van der Waals surface area contributed by atoms with Crippen LogP contribution in [0.3, 0.4) is 0 Å². The first-order valence-corrected chi connectivity index (χ1v) is 18.8. The minimum absolute atomic E-state index is 0.0344. The van der Waals surface area contributed by atoms with E-state index in [0.29, 0.717) is 0 Å². The lowest BCUT2D eigenvalue weighted by Crippen LogP contribution is -2.68. The molecule has 25 atom stereocenters. The van der Waals surface area contributed by atoms with Crippen LogP contribution in [0, 0.1) is 0 Å². The van der Waals surface area contributed by atoms with Crippen LogP contribution >= 0.6 is 0 Å². The van der Waals surface area contributed by atoms with Gasteiger partial charge < -0.3 is 135 Å². The number of aliphatic carboxylic acids is 1. The van der Waals surface area contributed by atoms with E-state index >= 15 is 0 Å². The van der Waals surface area contributed by atoms with Gasteiger partial charge in [-0.1, -0.05) is 0 Å². The van der Waals surface area contributed by atoms with E-state index in [1.807, 2.05) is 0 Å². The molecule has 5 fully saturated rings. The average Bonchev–Trinajstić information content (AvgIpc) is 3.23. The van der Waals surface area contributed by atoms with Crippen molar-refractivity contribution in [2.75, 3.05) is 39.6 Å². The number of hydrogen-bond acceptors (Lipinski definition) is 27. The Morgan fingerprint density at radius 1 is 0.417 bits per heavy atom. The maximum Gasteiger partial charge on any atom is 0.335 e. The van der Waals surface area contributed by atoms with Gasteiger partial charge in [0.2, 0.25) is 0 Å². The molecule has 0 radical (unpaired) electrons. The normalized spacial score (nSPS) is 50.4. The molecular weight excluding hydrogens is 830 g/mol. The molecule has 0 aliphatic carbocycles. The molecule has 18 N–H and O–H groups in total. The summed E-state index contributed by atoms with van der Waals surface area (Å²) in [4.78, 5) is 12.2. The lowest BCUT2D eigenvalue weighted by molar-refractivity contribution is -0.391. The molecule has 28 nitrogen and oxygen atoms in total. The van der Waals surface area contributed by atoms with Gasteiger partial charge >= 0.3 is 5.97 Å².